The zero-order chi connectivity index (χ0) is 14.3. The van der Waals surface area contributed by atoms with E-state index in [0.29, 0.717) is 6.04 Å². The van der Waals surface area contributed by atoms with Gasteiger partial charge in [-0.3, -0.25) is 0 Å². The lowest BCUT2D eigenvalue weighted by molar-refractivity contribution is 0.0487. The minimum absolute atomic E-state index is 0.273. The number of rotatable bonds is 4. The van der Waals surface area contributed by atoms with Crippen molar-refractivity contribution in [2.75, 3.05) is 0 Å². The van der Waals surface area contributed by atoms with Gasteiger partial charge in [-0.15, -0.1) is 0 Å². The van der Waals surface area contributed by atoms with Crippen LogP contribution in [-0.2, 0) is 4.74 Å². The number of carbonyl (C=O) groups excluding carboxylic acids is 1. The minimum Gasteiger partial charge on any atom is -0.444 e. The van der Waals surface area contributed by atoms with Crippen LogP contribution in [0.2, 0.25) is 0 Å². The van der Waals surface area contributed by atoms with Crippen LogP contribution in [0, 0.1) is 5.92 Å². The van der Waals surface area contributed by atoms with Crippen molar-refractivity contribution in [1.82, 2.24) is 5.32 Å². The lowest BCUT2D eigenvalue weighted by atomic mass is 9.83. The predicted octanol–water partition coefficient (Wildman–Crippen LogP) is 4.43. The Labute approximate surface area is 117 Å². The molecule has 3 nitrogen and oxygen atoms in total. The van der Waals surface area contributed by atoms with Gasteiger partial charge in [-0.25, -0.2) is 4.79 Å². The van der Waals surface area contributed by atoms with Crippen LogP contribution < -0.4 is 5.32 Å². The van der Waals surface area contributed by atoms with Crippen molar-refractivity contribution in [3.8, 4) is 0 Å². The zero-order valence-electron chi connectivity index (χ0n) is 12.9. The summed E-state index contributed by atoms with van der Waals surface area (Å²) in [6, 6.07) is 0.299. The van der Waals surface area contributed by atoms with Gasteiger partial charge in [-0.05, 0) is 72.1 Å². The summed E-state index contributed by atoms with van der Waals surface area (Å²) >= 11 is 0. The predicted molar refractivity (Wildman–Crippen MR) is 79.2 cm³/mol. The Morgan fingerprint density at radius 3 is 2.42 bits per heavy atom. The number of hydrogen-bond donors (Lipinski definition) is 1. The van der Waals surface area contributed by atoms with Crippen molar-refractivity contribution in [3.05, 3.63) is 12.2 Å². The fourth-order valence-electron chi connectivity index (χ4n) is 2.57. The molecule has 1 fully saturated rings. The highest BCUT2D eigenvalue weighted by Gasteiger charge is 2.24. The summed E-state index contributed by atoms with van der Waals surface area (Å²) < 4.78 is 5.29. The van der Waals surface area contributed by atoms with Crippen LogP contribution in [-0.4, -0.2) is 17.7 Å². The fraction of sp³-hybridized carbons (Fsp3) is 0.812. The number of amides is 1. The molecule has 1 N–H and O–H groups in total. The zero-order valence-corrected chi connectivity index (χ0v) is 12.9. The van der Waals surface area contributed by atoms with Crippen molar-refractivity contribution in [1.29, 1.82) is 0 Å². The van der Waals surface area contributed by atoms with Gasteiger partial charge in [-0.1, -0.05) is 12.2 Å². The van der Waals surface area contributed by atoms with Gasteiger partial charge in [0.2, 0.25) is 0 Å². The smallest absolute Gasteiger partial charge is 0.407 e. The summed E-state index contributed by atoms with van der Waals surface area (Å²) in [6.07, 6.45) is 11.2. The van der Waals surface area contributed by atoms with E-state index in [2.05, 4.69) is 24.4 Å². The van der Waals surface area contributed by atoms with Gasteiger partial charge in [-0.2, -0.15) is 0 Å². The molecule has 1 aliphatic rings. The third-order valence-electron chi connectivity index (χ3n) is 3.54. The first kappa shape index (κ1) is 16.1. The molecular weight excluding hydrogens is 238 g/mol. The number of alkyl carbamates (subject to hydrolysis) is 1. The molecular formula is C16H29NO2. The summed E-state index contributed by atoms with van der Waals surface area (Å²) in [4.78, 5) is 11.7. The Morgan fingerprint density at radius 1 is 1.26 bits per heavy atom. The van der Waals surface area contributed by atoms with Crippen LogP contribution in [0.5, 0.6) is 0 Å². The van der Waals surface area contributed by atoms with Crippen molar-refractivity contribution < 1.29 is 9.53 Å². The van der Waals surface area contributed by atoms with Gasteiger partial charge >= 0.3 is 6.09 Å². The monoisotopic (exact) mass is 267 g/mol. The molecule has 0 heterocycles. The Balaban J connectivity index is 2.21. The summed E-state index contributed by atoms with van der Waals surface area (Å²) in [6.45, 7) is 7.75. The Hall–Kier alpha value is -0.990. The lowest BCUT2D eigenvalue weighted by Crippen LogP contribution is -2.40. The molecule has 1 aliphatic carbocycles. The van der Waals surface area contributed by atoms with Crippen molar-refractivity contribution in [3.63, 3.8) is 0 Å². The molecule has 0 aromatic rings. The highest BCUT2D eigenvalue weighted by molar-refractivity contribution is 5.68. The third-order valence-corrected chi connectivity index (χ3v) is 3.54. The van der Waals surface area contributed by atoms with E-state index in [-0.39, 0.29) is 6.09 Å². The molecule has 0 saturated heterocycles. The average molecular weight is 267 g/mol. The van der Waals surface area contributed by atoms with Crippen molar-refractivity contribution >= 4 is 6.09 Å². The first-order valence-electron chi connectivity index (χ1n) is 7.51. The maximum Gasteiger partial charge on any atom is 0.407 e. The van der Waals surface area contributed by atoms with E-state index in [0.717, 1.165) is 18.8 Å². The van der Waals surface area contributed by atoms with Gasteiger partial charge in [0.05, 0.1) is 0 Å². The average Bonchev–Trinajstić information content (AvgIpc) is 2.29. The third kappa shape index (κ3) is 7.24. The molecule has 0 aromatic carbocycles. The molecule has 0 radical (unpaired) electrons. The summed E-state index contributed by atoms with van der Waals surface area (Å²) in [7, 11) is 0. The lowest BCUT2D eigenvalue weighted by Gasteiger charge is -2.30. The van der Waals surface area contributed by atoms with Crippen LogP contribution in [0.25, 0.3) is 0 Å². The molecule has 1 amide bonds. The standard InChI is InChI=1S/C16H29NO2/c1-5-6-7-8-13-9-11-14(12-10-13)17-15(18)19-16(2,3)4/h5-6,13-14H,7-12H2,1-4H3,(H,17,18)/b6-5+. The second-order valence-electron chi connectivity index (χ2n) is 6.51. The van der Waals surface area contributed by atoms with Gasteiger partial charge in [0.25, 0.3) is 0 Å². The molecule has 1 saturated carbocycles. The number of allylic oxidation sites excluding steroid dienone is 2. The minimum atomic E-state index is -0.409. The van der Waals surface area contributed by atoms with Crippen LogP contribution in [0.4, 0.5) is 4.79 Å². The second-order valence-corrected chi connectivity index (χ2v) is 6.51. The van der Waals surface area contributed by atoms with E-state index in [9.17, 15) is 4.79 Å². The van der Waals surface area contributed by atoms with Gasteiger partial charge in [0.1, 0.15) is 5.60 Å². The number of nitrogens with one attached hydrogen (secondary N) is 1. The highest BCUT2D eigenvalue weighted by Crippen LogP contribution is 2.28. The van der Waals surface area contributed by atoms with Gasteiger partial charge in [0, 0.05) is 6.04 Å². The first-order chi connectivity index (χ1) is 8.90. The largest absolute Gasteiger partial charge is 0.444 e. The summed E-state index contributed by atoms with van der Waals surface area (Å²) in [5, 5.41) is 2.99. The topological polar surface area (TPSA) is 38.3 Å². The molecule has 0 atom stereocenters. The molecule has 19 heavy (non-hydrogen) atoms. The van der Waals surface area contributed by atoms with Crippen molar-refractivity contribution in [2.24, 2.45) is 5.92 Å². The summed E-state index contributed by atoms with van der Waals surface area (Å²) in [5.74, 6) is 0.827. The van der Waals surface area contributed by atoms with Gasteiger partial charge < -0.3 is 10.1 Å². The number of carbonyl (C=O) groups is 1. The molecule has 110 valence electrons. The summed E-state index contributed by atoms with van der Waals surface area (Å²) in [5.41, 5.74) is -0.409. The molecule has 0 aromatic heterocycles. The van der Waals surface area contributed by atoms with Gasteiger partial charge in [0.15, 0.2) is 0 Å². The Morgan fingerprint density at radius 2 is 1.89 bits per heavy atom. The number of ether oxygens (including phenoxy) is 1. The van der Waals surface area contributed by atoms with E-state index in [1.165, 1.54) is 25.7 Å². The van der Waals surface area contributed by atoms with Crippen LogP contribution in [0.15, 0.2) is 12.2 Å². The highest BCUT2D eigenvalue weighted by atomic mass is 16.6. The quantitative estimate of drug-likeness (QED) is 0.765. The molecule has 0 aliphatic heterocycles. The van der Waals surface area contributed by atoms with E-state index in [1.807, 2.05) is 20.8 Å². The first-order valence-corrected chi connectivity index (χ1v) is 7.51. The molecule has 1 rings (SSSR count). The normalized spacial score (nSPS) is 24.4. The van der Waals surface area contributed by atoms with Crippen molar-refractivity contribution in [2.45, 2.75) is 77.9 Å². The molecule has 0 bridgehead atoms. The fourth-order valence-corrected chi connectivity index (χ4v) is 2.57. The van der Waals surface area contributed by atoms with E-state index in [4.69, 9.17) is 4.74 Å². The van der Waals surface area contributed by atoms with E-state index < -0.39 is 5.60 Å². The Kier molecular flexibility index (Phi) is 6.40. The second kappa shape index (κ2) is 7.56. The van der Waals surface area contributed by atoms with Crippen LogP contribution in [0.3, 0.4) is 0 Å². The SMILES string of the molecule is C/C=C/CCC1CCC(NC(=O)OC(C)(C)C)CC1. The van der Waals surface area contributed by atoms with Crippen LogP contribution >= 0.6 is 0 Å². The Bertz CT molecular complexity index is 296. The molecule has 3 heteroatoms. The van der Waals surface area contributed by atoms with Crippen LogP contribution in [0.1, 0.15) is 66.2 Å². The number of hydrogen-bond acceptors (Lipinski definition) is 2. The molecule has 0 spiro atoms. The van der Waals surface area contributed by atoms with E-state index >= 15 is 0 Å². The molecule has 0 unspecified atom stereocenters. The maximum atomic E-state index is 11.7. The van der Waals surface area contributed by atoms with E-state index in [1.54, 1.807) is 0 Å². The maximum absolute atomic E-state index is 11.7.